The first-order valence-electron chi connectivity index (χ1n) is 7.92. The normalized spacial score (nSPS) is 17.5. The van der Waals surface area contributed by atoms with E-state index in [4.69, 9.17) is 4.42 Å². The number of carbonyl (C=O) groups excluding carboxylic acids is 1. The third kappa shape index (κ3) is 4.84. The van der Waals surface area contributed by atoms with Crippen molar-refractivity contribution in [1.82, 2.24) is 10.6 Å². The molecule has 0 spiro atoms. The summed E-state index contributed by atoms with van der Waals surface area (Å²) in [6, 6.07) is 9.77. The Labute approximate surface area is 153 Å². The van der Waals surface area contributed by atoms with Gasteiger partial charge in [0.25, 0.3) is 5.91 Å². The van der Waals surface area contributed by atoms with Gasteiger partial charge in [-0.25, -0.2) is 8.42 Å². The highest BCUT2D eigenvalue weighted by Crippen LogP contribution is 2.20. The Morgan fingerprint density at radius 1 is 1.24 bits per heavy atom. The number of nitrogens with one attached hydrogen (secondary N) is 2. The quantitative estimate of drug-likeness (QED) is 0.824. The second-order valence-corrected chi connectivity index (χ2v) is 7.85. The van der Waals surface area contributed by atoms with Gasteiger partial charge in [-0.2, -0.15) is 0 Å². The minimum absolute atomic E-state index is 0. The first-order valence-corrected chi connectivity index (χ1v) is 9.57. The first-order chi connectivity index (χ1) is 11.6. The number of hydrogen-bond donors (Lipinski definition) is 2. The third-order valence-corrected chi connectivity index (χ3v) is 5.71. The minimum Gasteiger partial charge on any atom is -0.459 e. The molecule has 0 saturated carbocycles. The molecule has 25 heavy (non-hydrogen) atoms. The molecule has 1 saturated heterocycles. The Balaban J connectivity index is 0.00000225. The standard InChI is InChI=1S/C17H20N2O4S.ClH/c20-17(19-14-5-4-9-18-11-14)16-13(8-10-23-16)12-24(21,22)15-6-2-1-3-7-15;/h1-3,6-8,10,14,18H,4-5,9,11-12H2,(H,19,20);1H/t14-;/m0./s1. The van der Waals surface area contributed by atoms with Gasteiger partial charge < -0.3 is 15.1 Å². The van der Waals surface area contributed by atoms with Crippen molar-refractivity contribution in [2.45, 2.75) is 29.5 Å². The molecule has 0 unspecified atom stereocenters. The Morgan fingerprint density at radius 3 is 2.68 bits per heavy atom. The molecule has 8 heteroatoms. The van der Waals surface area contributed by atoms with E-state index in [1.54, 1.807) is 30.3 Å². The van der Waals surface area contributed by atoms with E-state index in [1.165, 1.54) is 12.3 Å². The summed E-state index contributed by atoms with van der Waals surface area (Å²) in [6.45, 7) is 1.66. The summed E-state index contributed by atoms with van der Waals surface area (Å²) in [5.74, 6) is -0.564. The second kappa shape index (κ2) is 8.51. The van der Waals surface area contributed by atoms with Gasteiger partial charge in [0.1, 0.15) is 0 Å². The second-order valence-electron chi connectivity index (χ2n) is 5.86. The molecule has 6 nitrogen and oxygen atoms in total. The van der Waals surface area contributed by atoms with E-state index in [9.17, 15) is 13.2 Å². The van der Waals surface area contributed by atoms with Crippen molar-refractivity contribution in [3.63, 3.8) is 0 Å². The Hall–Kier alpha value is -1.83. The maximum atomic E-state index is 12.5. The number of furan rings is 1. The molecule has 1 atom stereocenters. The fraction of sp³-hybridized carbons (Fsp3) is 0.353. The largest absolute Gasteiger partial charge is 0.459 e. The molecule has 0 bridgehead atoms. The van der Waals surface area contributed by atoms with Crippen molar-refractivity contribution in [3.05, 3.63) is 54.0 Å². The fourth-order valence-corrected chi connectivity index (χ4v) is 4.17. The van der Waals surface area contributed by atoms with Crippen LogP contribution in [0.2, 0.25) is 0 Å². The van der Waals surface area contributed by atoms with Crippen LogP contribution in [0.3, 0.4) is 0 Å². The molecule has 1 aromatic carbocycles. The lowest BCUT2D eigenvalue weighted by Crippen LogP contribution is -2.45. The van der Waals surface area contributed by atoms with Crippen molar-refractivity contribution in [3.8, 4) is 0 Å². The SMILES string of the molecule is Cl.O=C(N[C@H]1CCCNC1)c1occc1CS(=O)(=O)c1ccccc1. The van der Waals surface area contributed by atoms with Crippen LogP contribution in [0.1, 0.15) is 29.0 Å². The molecule has 1 fully saturated rings. The Kier molecular flexibility index (Phi) is 6.64. The van der Waals surface area contributed by atoms with Crippen molar-refractivity contribution < 1.29 is 17.6 Å². The van der Waals surface area contributed by atoms with Crippen LogP contribution in [0.4, 0.5) is 0 Å². The van der Waals surface area contributed by atoms with Gasteiger partial charge in [0.2, 0.25) is 0 Å². The molecule has 0 radical (unpaired) electrons. The average molecular weight is 385 g/mol. The van der Waals surface area contributed by atoms with Gasteiger partial charge in [-0.3, -0.25) is 4.79 Å². The number of sulfone groups is 1. The predicted molar refractivity (Wildman–Crippen MR) is 96.6 cm³/mol. The summed E-state index contributed by atoms with van der Waals surface area (Å²) in [5, 5.41) is 6.12. The fourth-order valence-electron chi connectivity index (χ4n) is 2.79. The Morgan fingerprint density at radius 2 is 2.00 bits per heavy atom. The van der Waals surface area contributed by atoms with Crippen molar-refractivity contribution in [2.75, 3.05) is 13.1 Å². The van der Waals surface area contributed by atoms with Crippen molar-refractivity contribution >= 4 is 28.2 Å². The molecule has 3 rings (SSSR count). The number of rotatable bonds is 5. The number of hydrogen-bond acceptors (Lipinski definition) is 5. The van der Waals surface area contributed by atoms with Gasteiger partial charge >= 0.3 is 0 Å². The van der Waals surface area contributed by atoms with Crippen molar-refractivity contribution in [1.29, 1.82) is 0 Å². The number of benzene rings is 1. The number of halogens is 1. The van der Waals surface area contributed by atoms with Crippen LogP contribution in [0, 0.1) is 0 Å². The zero-order valence-electron chi connectivity index (χ0n) is 13.6. The first kappa shape index (κ1) is 19.5. The maximum Gasteiger partial charge on any atom is 0.287 e. The molecule has 1 aromatic heterocycles. The van der Waals surface area contributed by atoms with Gasteiger partial charge in [-0.05, 0) is 37.6 Å². The van der Waals surface area contributed by atoms with E-state index >= 15 is 0 Å². The van der Waals surface area contributed by atoms with Crippen LogP contribution < -0.4 is 10.6 Å². The molecular weight excluding hydrogens is 364 g/mol. The van der Waals surface area contributed by atoms with Crippen LogP contribution >= 0.6 is 12.4 Å². The van der Waals surface area contributed by atoms with E-state index in [0.29, 0.717) is 12.1 Å². The topological polar surface area (TPSA) is 88.4 Å². The molecule has 2 aromatic rings. The summed E-state index contributed by atoms with van der Waals surface area (Å²) in [5.41, 5.74) is 0.375. The zero-order valence-corrected chi connectivity index (χ0v) is 15.2. The van der Waals surface area contributed by atoms with Crippen LogP contribution in [0.25, 0.3) is 0 Å². The summed E-state index contributed by atoms with van der Waals surface area (Å²) in [6.07, 6.45) is 3.25. The molecule has 136 valence electrons. The third-order valence-electron chi connectivity index (χ3n) is 4.03. The van der Waals surface area contributed by atoms with Gasteiger partial charge in [0, 0.05) is 18.2 Å². The smallest absolute Gasteiger partial charge is 0.287 e. The number of piperidine rings is 1. The lowest BCUT2D eigenvalue weighted by atomic mass is 10.1. The highest BCUT2D eigenvalue weighted by molar-refractivity contribution is 7.90. The lowest BCUT2D eigenvalue weighted by molar-refractivity contribution is 0.0901. The summed E-state index contributed by atoms with van der Waals surface area (Å²) >= 11 is 0. The molecule has 0 aliphatic carbocycles. The highest BCUT2D eigenvalue weighted by Gasteiger charge is 2.24. The van der Waals surface area contributed by atoms with E-state index in [2.05, 4.69) is 10.6 Å². The zero-order chi connectivity index (χ0) is 17.0. The van der Waals surface area contributed by atoms with E-state index in [1.807, 2.05) is 0 Å². The van der Waals surface area contributed by atoms with E-state index in [0.717, 1.165) is 19.4 Å². The van der Waals surface area contributed by atoms with Crippen LogP contribution in [-0.2, 0) is 15.6 Å². The average Bonchev–Trinajstić information content (AvgIpc) is 3.04. The summed E-state index contributed by atoms with van der Waals surface area (Å²) in [7, 11) is -3.52. The van der Waals surface area contributed by atoms with Gasteiger partial charge in [-0.1, -0.05) is 18.2 Å². The monoisotopic (exact) mass is 384 g/mol. The summed E-state index contributed by atoms with van der Waals surface area (Å²) < 4.78 is 30.2. The molecule has 1 aliphatic heterocycles. The molecule has 1 aliphatic rings. The molecule has 1 amide bonds. The minimum atomic E-state index is -3.52. The number of carbonyl (C=O) groups is 1. The predicted octanol–water partition coefficient (Wildman–Crippen LogP) is 2.16. The van der Waals surface area contributed by atoms with E-state index < -0.39 is 9.84 Å². The van der Waals surface area contributed by atoms with Crippen LogP contribution in [-0.4, -0.2) is 33.5 Å². The number of amides is 1. The van der Waals surface area contributed by atoms with Gasteiger partial charge in [0.15, 0.2) is 15.6 Å². The maximum absolute atomic E-state index is 12.5. The van der Waals surface area contributed by atoms with Gasteiger partial charge in [-0.15, -0.1) is 12.4 Å². The Bertz CT molecular complexity index is 799. The summed E-state index contributed by atoms with van der Waals surface area (Å²) in [4.78, 5) is 12.6. The molecule has 2 heterocycles. The van der Waals surface area contributed by atoms with Crippen LogP contribution in [0.5, 0.6) is 0 Å². The van der Waals surface area contributed by atoms with Gasteiger partial charge in [0.05, 0.1) is 16.9 Å². The highest BCUT2D eigenvalue weighted by atomic mass is 35.5. The van der Waals surface area contributed by atoms with Crippen LogP contribution in [0.15, 0.2) is 52.0 Å². The van der Waals surface area contributed by atoms with E-state index in [-0.39, 0.29) is 40.8 Å². The van der Waals surface area contributed by atoms with Crippen molar-refractivity contribution in [2.24, 2.45) is 0 Å². The molecular formula is C17H21ClN2O4S. The lowest BCUT2D eigenvalue weighted by Gasteiger charge is -2.23. The molecule has 2 N–H and O–H groups in total.